The van der Waals surface area contributed by atoms with Crippen LogP contribution in [0.2, 0.25) is 0 Å². The molecule has 2 unspecified atom stereocenters. The van der Waals surface area contributed by atoms with Crippen LogP contribution in [0, 0.1) is 23.7 Å². The summed E-state index contributed by atoms with van der Waals surface area (Å²) in [6.07, 6.45) is 1.05. The number of nitrogens with one attached hydrogen (secondary N) is 1. The van der Waals surface area contributed by atoms with Gasteiger partial charge in [0.25, 0.3) is 5.91 Å². The Kier molecular flexibility index (Phi) is 6.72. The number of aliphatic hydroxyl groups is 2. The summed E-state index contributed by atoms with van der Waals surface area (Å²) in [5.41, 5.74) is 2.53. The largest absolute Gasteiger partial charge is 0.393 e. The van der Waals surface area contributed by atoms with Crippen LogP contribution in [-0.2, 0) is 21.2 Å². The summed E-state index contributed by atoms with van der Waals surface area (Å²) in [5, 5.41) is 26.6. The van der Waals surface area contributed by atoms with Gasteiger partial charge in [0.2, 0.25) is 0 Å². The molecule has 0 bridgehead atoms. The molecule has 0 aromatic carbocycles. The fraction of sp³-hybridized carbons (Fsp3) is 0.444. The number of amides is 2. The molecule has 0 spiro atoms. The van der Waals surface area contributed by atoms with E-state index >= 15 is 0 Å². The Balaban J connectivity index is 2.09. The molecule has 1 aromatic rings. The second-order valence-electron chi connectivity index (χ2n) is 6.71. The number of sulfone groups is 1. The van der Waals surface area contributed by atoms with Crippen molar-refractivity contribution >= 4 is 21.8 Å². The predicted octanol–water partition coefficient (Wildman–Crippen LogP) is -1.32. The molecule has 0 saturated heterocycles. The summed E-state index contributed by atoms with van der Waals surface area (Å²) in [4.78, 5) is 25.8. The van der Waals surface area contributed by atoms with Crippen LogP contribution in [0.4, 0.5) is 4.79 Å². The molecule has 29 heavy (non-hydrogen) atoms. The number of aliphatic hydroxyl groups excluding tert-OH is 2. The average Bonchev–Trinajstić information content (AvgIpc) is 3.20. The molecule has 4 N–H and O–H groups in total. The Morgan fingerprint density at radius 3 is 2.66 bits per heavy atom. The Hall–Kier alpha value is -2.83. The maximum absolute atomic E-state index is 12.5. The molecule has 156 valence electrons. The van der Waals surface area contributed by atoms with Crippen LogP contribution in [-0.4, -0.2) is 75.5 Å². The number of aromatic nitrogens is 1. The van der Waals surface area contributed by atoms with Crippen molar-refractivity contribution < 1.29 is 33.4 Å². The number of nitrogens with zero attached hydrogens (tertiary/aromatic N) is 2. The van der Waals surface area contributed by atoms with Crippen molar-refractivity contribution in [3.63, 3.8) is 0 Å². The molecule has 1 aliphatic rings. The van der Waals surface area contributed by atoms with Crippen molar-refractivity contribution in [1.29, 1.82) is 0 Å². The van der Waals surface area contributed by atoms with Gasteiger partial charge in [-0.1, -0.05) is 11.8 Å². The highest BCUT2D eigenvalue weighted by Gasteiger charge is 2.44. The molecule has 2 rings (SSSR count). The summed E-state index contributed by atoms with van der Waals surface area (Å²) < 4.78 is 23.5. The first-order valence-electron chi connectivity index (χ1n) is 8.48. The van der Waals surface area contributed by atoms with Gasteiger partial charge >= 0.3 is 6.03 Å². The molecule has 2 amide bonds. The fourth-order valence-electron chi connectivity index (χ4n) is 2.67. The van der Waals surface area contributed by atoms with E-state index in [1.807, 2.05) is 0 Å². The van der Waals surface area contributed by atoms with Crippen LogP contribution in [0.1, 0.15) is 24.6 Å². The molecule has 0 fully saturated rings. The molecule has 0 aliphatic carbocycles. The van der Waals surface area contributed by atoms with E-state index in [1.54, 1.807) is 6.07 Å². The number of carbonyl (C=O) groups excluding carboxylic acids is 2. The zero-order valence-electron chi connectivity index (χ0n) is 15.8. The molecule has 0 radical (unpaired) electrons. The zero-order chi connectivity index (χ0) is 21.8. The van der Waals surface area contributed by atoms with Crippen molar-refractivity contribution in [3.05, 3.63) is 23.5 Å². The van der Waals surface area contributed by atoms with Gasteiger partial charge in [0.05, 0.1) is 13.2 Å². The minimum atomic E-state index is -3.85. The van der Waals surface area contributed by atoms with Crippen molar-refractivity contribution in [2.24, 2.45) is 0 Å². The summed E-state index contributed by atoms with van der Waals surface area (Å²) in [5.74, 6) is 8.89. The van der Waals surface area contributed by atoms with Crippen LogP contribution >= 0.6 is 0 Å². The van der Waals surface area contributed by atoms with E-state index in [-0.39, 0.29) is 19.5 Å². The molecule has 1 aromatic heterocycles. The van der Waals surface area contributed by atoms with Gasteiger partial charge in [0.15, 0.2) is 14.6 Å². The molecule has 2 atom stereocenters. The fourth-order valence-corrected chi connectivity index (χ4v) is 3.51. The molecular formula is C18H21N3O7S. The van der Waals surface area contributed by atoms with Gasteiger partial charge in [0, 0.05) is 30.3 Å². The third-order valence-electron chi connectivity index (χ3n) is 4.67. The van der Waals surface area contributed by atoms with Crippen LogP contribution < -0.4 is 5.48 Å². The van der Waals surface area contributed by atoms with Crippen LogP contribution in [0.15, 0.2) is 12.3 Å². The third kappa shape index (κ3) is 4.78. The molecule has 2 heterocycles. The van der Waals surface area contributed by atoms with E-state index < -0.39 is 39.2 Å². The van der Waals surface area contributed by atoms with Gasteiger partial charge < -0.3 is 15.1 Å². The standard InChI is InChI=1S/C18H21N3O7S/c1-18(16(24)19-26,29(2,27)28)7-8-20-11-14-9-13(10-21(14)17(20)25)5-3-4-6-15(23)12-22/h9-10,15,22-23,26H,7-8,11-12H2,1-2H3,(H,19,24). The lowest BCUT2D eigenvalue weighted by atomic mass is 10.1. The molecule has 11 heteroatoms. The minimum Gasteiger partial charge on any atom is -0.393 e. The molecular weight excluding hydrogens is 402 g/mol. The Bertz CT molecular complexity index is 1040. The number of hydroxylamine groups is 1. The summed E-state index contributed by atoms with van der Waals surface area (Å²) in [6, 6.07) is 1.28. The second-order valence-corrected chi connectivity index (χ2v) is 9.15. The van der Waals surface area contributed by atoms with Crippen molar-refractivity contribution in [1.82, 2.24) is 14.9 Å². The lowest BCUT2D eigenvalue weighted by Gasteiger charge is -2.27. The average molecular weight is 423 g/mol. The van der Waals surface area contributed by atoms with Gasteiger partial charge in [-0.05, 0) is 31.3 Å². The molecule has 1 aliphatic heterocycles. The lowest BCUT2D eigenvalue weighted by Crippen LogP contribution is -2.50. The smallest absolute Gasteiger partial charge is 0.328 e. The maximum atomic E-state index is 12.5. The predicted molar refractivity (Wildman–Crippen MR) is 101 cm³/mol. The van der Waals surface area contributed by atoms with E-state index in [2.05, 4.69) is 23.7 Å². The van der Waals surface area contributed by atoms with Gasteiger partial charge in [-0.15, -0.1) is 0 Å². The van der Waals surface area contributed by atoms with E-state index in [0.717, 1.165) is 6.26 Å². The van der Waals surface area contributed by atoms with Crippen LogP contribution in [0.5, 0.6) is 0 Å². The number of carbonyl (C=O) groups is 2. The highest BCUT2D eigenvalue weighted by Crippen LogP contribution is 2.25. The monoisotopic (exact) mass is 423 g/mol. The summed E-state index contributed by atoms with van der Waals surface area (Å²) in [6.45, 7) is 0.897. The van der Waals surface area contributed by atoms with Gasteiger partial charge in [-0.2, -0.15) is 0 Å². The summed E-state index contributed by atoms with van der Waals surface area (Å²) in [7, 11) is -3.85. The topological polar surface area (TPSA) is 149 Å². The molecule has 0 saturated carbocycles. The highest BCUT2D eigenvalue weighted by atomic mass is 32.2. The number of rotatable bonds is 6. The van der Waals surface area contributed by atoms with Gasteiger partial charge in [-0.25, -0.2) is 18.7 Å². The first-order valence-corrected chi connectivity index (χ1v) is 10.4. The number of hydrogen-bond acceptors (Lipinski definition) is 7. The number of hydrogen-bond donors (Lipinski definition) is 4. The molecule has 10 nitrogen and oxygen atoms in total. The second kappa shape index (κ2) is 8.68. The van der Waals surface area contributed by atoms with Gasteiger partial charge in [0.1, 0.15) is 6.10 Å². The summed E-state index contributed by atoms with van der Waals surface area (Å²) >= 11 is 0. The van der Waals surface area contributed by atoms with Crippen LogP contribution in [0.3, 0.4) is 0 Å². The first-order chi connectivity index (χ1) is 13.5. The number of fused-ring (bicyclic) bond motifs is 1. The Morgan fingerprint density at radius 1 is 1.41 bits per heavy atom. The minimum absolute atomic E-state index is 0.0109. The highest BCUT2D eigenvalue weighted by molar-refractivity contribution is 7.92. The quantitative estimate of drug-likeness (QED) is 0.252. The zero-order valence-corrected chi connectivity index (χ0v) is 16.7. The van der Waals surface area contributed by atoms with Crippen molar-refractivity contribution in [2.75, 3.05) is 19.4 Å². The lowest BCUT2D eigenvalue weighted by molar-refractivity contribution is -0.131. The van der Waals surface area contributed by atoms with Gasteiger partial charge in [-0.3, -0.25) is 14.6 Å². The normalized spacial score (nSPS) is 16.0. The van der Waals surface area contributed by atoms with E-state index in [9.17, 15) is 18.0 Å². The SMILES string of the molecule is CC(CCN1Cc2cc(C#CC#CC(O)CO)cn2C1=O)(C(=O)NO)S(C)(=O)=O. The Morgan fingerprint density at radius 2 is 2.10 bits per heavy atom. The van der Waals surface area contributed by atoms with E-state index in [1.165, 1.54) is 28.1 Å². The van der Waals surface area contributed by atoms with E-state index in [4.69, 9.17) is 15.4 Å². The van der Waals surface area contributed by atoms with Crippen molar-refractivity contribution in [3.8, 4) is 23.7 Å². The van der Waals surface area contributed by atoms with Crippen LogP contribution in [0.25, 0.3) is 0 Å². The third-order valence-corrected chi connectivity index (χ3v) is 6.70. The van der Waals surface area contributed by atoms with E-state index in [0.29, 0.717) is 11.3 Å². The maximum Gasteiger partial charge on any atom is 0.328 e. The first kappa shape index (κ1) is 22.5. The Labute approximate surface area is 168 Å². The van der Waals surface area contributed by atoms with Crippen molar-refractivity contribution in [2.45, 2.75) is 30.7 Å².